The van der Waals surface area contributed by atoms with Crippen LogP contribution in [0.15, 0.2) is 16.5 Å². The third-order valence-corrected chi connectivity index (χ3v) is 2.99. The standard InChI is InChI=1S/C12H20N2O/c1-10-5-6-12(15-10)8-13-11-4-3-7-14(2)9-11/h5-6,11,13H,3-4,7-9H2,1-2H3. The van der Waals surface area contributed by atoms with Crippen molar-refractivity contribution in [2.24, 2.45) is 0 Å². The maximum absolute atomic E-state index is 5.53. The van der Waals surface area contributed by atoms with Crippen LogP contribution < -0.4 is 5.32 Å². The summed E-state index contributed by atoms with van der Waals surface area (Å²) in [5, 5.41) is 3.55. The predicted molar refractivity (Wildman–Crippen MR) is 60.8 cm³/mol. The van der Waals surface area contributed by atoms with Crippen LogP contribution in [0.5, 0.6) is 0 Å². The van der Waals surface area contributed by atoms with E-state index in [0.717, 1.165) is 24.6 Å². The van der Waals surface area contributed by atoms with E-state index in [-0.39, 0.29) is 0 Å². The Morgan fingerprint density at radius 2 is 2.40 bits per heavy atom. The van der Waals surface area contributed by atoms with E-state index in [1.807, 2.05) is 13.0 Å². The van der Waals surface area contributed by atoms with Crippen LogP contribution >= 0.6 is 0 Å². The molecule has 3 nitrogen and oxygen atoms in total. The SMILES string of the molecule is Cc1ccc(CNC2CCCN(C)C2)o1. The molecule has 0 aliphatic carbocycles. The minimum atomic E-state index is 0.620. The Hall–Kier alpha value is -0.800. The monoisotopic (exact) mass is 208 g/mol. The molecule has 15 heavy (non-hydrogen) atoms. The number of likely N-dealkylation sites (N-methyl/N-ethyl adjacent to an activating group) is 1. The predicted octanol–water partition coefficient (Wildman–Crippen LogP) is 1.77. The number of likely N-dealkylation sites (tertiary alicyclic amines) is 1. The van der Waals surface area contributed by atoms with Crippen LogP contribution in [0, 0.1) is 6.92 Å². The van der Waals surface area contributed by atoms with E-state index in [0.29, 0.717) is 6.04 Å². The molecular weight excluding hydrogens is 188 g/mol. The third-order valence-electron chi connectivity index (χ3n) is 2.99. The molecule has 2 heterocycles. The lowest BCUT2D eigenvalue weighted by Crippen LogP contribution is -2.43. The van der Waals surface area contributed by atoms with Gasteiger partial charge in [0.1, 0.15) is 11.5 Å². The highest BCUT2D eigenvalue weighted by molar-refractivity contribution is 5.05. The van der Waals surface area contributed by atoms with Gasteiger partial charge in [-0.1, -0.05) is 0 Å². The summed E-state index contributed by atoms with van der Waals surface area (Å²) < 4.78 is 5.53. The molecule has 1 N–H and O–H groups in total. The Bertz CT molecular complexity index is 308. The molecule has 1 saturated heterocycles. The molecule has 3 heteroatoms. The summed E-state index contributed by atoms with van der Waals surface area (Å²) in [5.41, 5.74) is 0. The number of nitrogens with one attached hydrogen (secondary N) is 1. The largest absolute Gasteiger partial charge is 0.465 e. The minimum Gasteiger partial charge on any atom is -0.465 e. The molecule has 0 amide bonds. The summed E-state index contributed by atoms with van der Waals surface area (Å²) in [6.45, 7) is 5.22. The zero-order chi connectivity index (χ0) is 10.7. The second kappa shape index (κ2) is 4.81. The highest BCUT2D eigenvalue weighted by Gasteiger charge is 2.16. The molecular formula is C12H20N2O. The lowest BCUT2D eigenvalue weighted by atomic mass is 10.1. The average Bonchev–Trinajstić information content (AvgIpc) is 2.62. The number of hydrogen-bond acceptors (Lipinski definition) is 3. The quantitative estimate of drug-likeness (QED) is 0.820. The second-order valence-corrected chi connectivity index (χ2v) is 4.49. The van der Waals surface area contributed by atoms with Gasteiger partial charge >= 0.3 is 0 Å². The van der Waals surface area contributed by atoms with Crippen LogP contribution in [0.1, 0.15) is 24.4 Å². The Balaban J connectivity index is 1.77. The van der Waals surface area contributed by atoms with Gasteiger partial charge in [-0.15, -0.1) is 0 Å². The Kier molecular flexibility index (Phi) is 3.44. The molecule has 1 aliphatic rings. The number of hydrogen-bond donors (Lipinski definition) is 1. The molecule has 1 fully saturated rings. The van der Waals surface area contributed by atoms with Crippen molar-refractivity contribution < 1.29 is 4.42 Å². The van der Waals surface area contributed by atoms with Crippen molar-refractivity contribution in [3.8, 4) is 0 Å². The number of aryl methyl sites for hydroxylation is 1. The fraction of sp³-hybridized carbons (Fsp3) is 0.667. The molecule has 1 atom stereocenters. The third kappa shape index (κ3) is 3.08. The van der Waals surface area contributed by atoms with Gasteiger partial charge in [0.15, 0.2) is 0 Å². The van der Waals surface area contributed by atoms with E-state index in [1.165, 1.54) is 19.4 Å². The molecule has 1 aromatic rings. The van der Waals surface area contributed by atoms with Crippen LogP contribution in [-0.4, -0.2) is 31.1 Å². The topological polar surface area (TPSA) is 28.4 Å². The molecule has 0 bridgehead atoms. The first-order valence-corrected chi connectivity index (χ1v) is 5.71. The molecule has 0 spiro atoms. The van der Waals surface area contributed by atoms with Gasteiger partial charge in [-0.3, -0.25) is 0 Å². The Morgan fingerprint density at radius 1 is 1.53 bits per heavy atom. The molecule has 1 unspecified atom stereocenters. The van der Waals surface area contributed by atoms with E-state index in [9.17, 15) is 0 Å². The van der Waals surface area contributed by atoms with E-state index < -0.39 is 0 Å². The first-order valence-electron chi connectivity index (χ1n) is 5.71. The molecule has 0 radical (unpaired) electrons. The van der Waals surface area contributed by atoms with Crippen molar-refractivity contribution in [1.82, 2.24) is 10.2 Å². The Labute approximate surface area is 91.4 Å². The molecule has 84 valence electrons. The van der Waals surface area contributed by atoms with Crippen molar-refractivity contribution in [3.63, 3.8) is 0 Å². The van der Waals surface area contributed by atoms with Crippen molar-refractivity contribution in [1.29, 1.82) is 0 Å². The van der Waals surface area contributed by atoms with E-state index in [2.05, 4.69) is 23.3 Å². The second-order valence-electron chi connectivity index (χ2n) is 4.49. The number of nitrogens with zero attached hydrogens (tertiary/aromatic N) is 1. The average molecular weight is 208 g/mol. The Morgan fingerprint density at radius 3 is 3.07 bits per heavy atom. The summed E-state index contributed by atoms with van der Waals surface area (Å²) in [7, 11) is 2.19. The highest BCUT2D eigenvalue weighted by atomic mass is 16.3. The van der Waals surface area contributed by atoms with E-state index >= 15 is 0 Å². The maximum atomic E-state index is 5.53. The van der Waals surface area contributed by atoms with Crippen molar-refractivity contribution in [2.75, 3.05) is 20.1 Å². The van der Waals surface area contributed by atoms with Crippen LogP contribution in [0.4, 0.5) is 0 Å². The molecule has 1 aromatic heterocycles. The highest BCUT2D eigenvalue weighted by Crippen LogP contribution is 2.10. The summed E-state index contributed by atoms with van der Waals surface area (Å²) in [6, 6.07) is 4.69. The summed E-state index contributed by atoms with van der Waals surface area (Å²) in [6.07, 6.45) is 2.58. The molecule has 1 aliphatic heterocycles. The van der Waals surface area contributed by atoms with Gasteiger partial charge in [0, 0.05) is 12.6 Å². The fourth-order valence-corrected chi connectivity index (χ4v) is 2.16. The van der Waals surface area contributed by atoms with Crippen LogP contribution in [0.25, 0.3) is 0 Å². The number of rotatable bonds is 3. The van der Waals surface area contributed by atoms with E-state index in [4.69, 9.17) is 4.42 Å². The number of furan rings is 1. The van der Waals surface area contributed by atoms with Crippen molar-refractivity contribution in [2.45, 2.75) is 32.4 Å². The van der Waals surface area contributed by atoms with Gasteiger partial charge in [0.2, 0.25) is 0 Å². The van der Waals surface area contributed by atoms with Gasteiger partial charge in [-0.25, -0.2) is 0 Å². The smallest absolute Gasteiger partial charge is 0.117 e. The zero-order valence-corrected chi connectivity index (χ0v) is 9.62. The normalized spacial score (nSPS) is 23.2. The minimum absolute atomic E-state index is 0.620. The maximum Gasteiger partial charge on any atom is 0.117 e. The van der Waals surface area contributed by atoms with Crippen molar-refractivity contribution >= 4 is 0 Å². The van der Waals surface area contributed by atoms with Crippen LogP contribution in [-0.2, 0) is 6.54 Å². The van der Waals surface area contributed by atoms with Crippen LogP contribution in [0.2, 0.25) is 0 Å². The molecule has 2 rings (SSSR count). The fourth-order valence-electron chi connectivity index (χ4n) is 2.16. The van der Waals surface area contributed by atoms with Crippen molar-refractivity contribution in [3.05, 3.63) is 23.7 Å². The van der Waals surface area contributed by atoms with Gasteiger partial charge in [-0.2, -0.15) is 0 Å². The zero-order valence-electron chi connectivity index (χ0n) is 9.62. The van der Waals surface area contributed by atoms with Gasteiger partial charge < -0.3 is 14.6 Å². The van der Waals surface area contributed by atoms with Gasteiger partial charge in [0.05, 0.1) is 6.54 Å². The first-order chi connectivity index (χ1) is 7.24. The summed E-state index contributed by atoms with van der Waals surface area (Å²) >= 11 is 0. The van der Waals surface area contributed by atoms with Gasteiger partial charge in [-0.05, 0) is 45.5 Å². The molecule has 0 saturated carbocycles. The lowest BCUT2D eigenvalue weighted by molar-refractivity contribution is 0.223. The summed E-state index contributed by atoms with van der Waals surface area (Å²) in [5.74, 6) is 2.04. The van der Waals surface area contributed by atoms with Gasteiger partial charge in [0.25, 0.3) is 0 Å². The first kappa shape index (κ1) is 10.7. The van der Waals surface area contributed by atoms with E-state index in [1.54, 1.807) is 0 Å². The lowest BCUT2D eigenvalue weighted by Gasteiger charge is -2.30. The number of piperidine rings is 1. The summed E-state index contributed by atoms with van der Waals surface area (Å²) in [4.78, 5) is 2.38. The van der Waals surface area contributed by atoms with Crippen LogP contribution in [0.3, 0.4) is 0 Å². The molecule has 0 aromatic carbocycles.